The van der Waals surface area contributed by atoms with Gasteiger partial charge in [0, 0.05) is 11.1 Å². The van der Waals surface area contributed by atoms with Crippen LogP contribution >= 0.6 is 36.2 Å². The zero-order valence-electron chi connectivity index (χ0n) is 11.2. The molecular weight excluding hydrogens is 305 g/mol. The van der Waals surface area contributed by atoms with Crippen molar-refractivity contribution in [3.8, 4) is 0 Å². The van der Waals surface area contributed by atoms with Crippen LogP contribution in [-0.4, -0.2) is 23.0 Å². The van der Waals surface area contributed by atoms with E-state index in [-0.39, 0.29) is 30.7 Å². The largest absolute Gasteiger partial charge is 0.348 e. The molecule has 19 heavy (non-hydrogen) atoms. The van der Waals surface area contributed by atoms with Crippen LogP contribution in [0.15, 0.2) is 5.38 Å². The quantitative estimate of drug-likeness (QED) is 0.897. The second-order valence-electron chi connectivity index (χ2n) is 4.78. The van der Waals surface area contributed by atoms with Crippen LogP contribution < -0.4 is 10.6 Å². The summed E-state index contributed by atoms with van der Waals surface area (Å²) in [5.41, 5.74) is 0.617. The predicted octanol–water partition coefficient (Wildman–Crippen LogP) is 2.44. The zero-order chi connectivity index (χ0) is 12.3. The number of nitrogens with one attached hydrogen (secondary N) is 2. The van der Waals surface area contributed by atoms with Crippen molar-refractivity contribution >= 4 is 42.1 Å². The summed E-state index contributed by atoms with van der Waals surface area (Å²) in [6.45, 7) is 5.41. The van der Waals surface area contributed by atoms with Crippen LogP contribution in [0.3, 0.4) is 0 Å². The topological polar surface area (TPSA) is 54.0 Å². The first-order valence-corrected chi connectivity index (χ1v) is 6.92. The average Bonchev–Trinajstić information content (AvgIpc) is 2.73. The van der Waals surface area contributed by atoms with Gasteiger partial charge in [-0.25, -0.2) is 4.98 Å². The van der Waals surface area contributed by atoms with Gasteiger partial charge >= 0.3 is 0 Å². The maximum absolute atomic E-state index is 12.1. The standard InChI is InChI=1S/C12H19N3OS.2ClH/c1-9-8-17-10(15-9)7-13-11(16)12(2)5-3-4-6-14-12;;/h8,14H,3-7H2,1-2H3,(H,13,16);2*1H. The van der Waals surface area contributed by atoms with E-state index in [1.165, 1.54) is 0 Å². The van der Waals surface area contributed by atoms with E-state index in [9.17, 15) is 4.79 Å². The van der Waals surface area contributed by atoms with Gasteiger partial charge < -0.3 is 10.6 Å². The Hall–Kier alpha value is -0.360. The maximum atomic E-state index is 12.1. The third kappa shape index (κ3) is 4.91. The third-order valence-corrected chi connectivity index (χ3v) is 4.15. The second-order valence-corrected chi connectivity index (χ2v) is 5.72. The Balaban J connectivity index is 0.00000162. The lowest BCUT2D eigenvalue weighted by atomic mass is 9.90. The van der Waals surface area contributed by atoms with E-state index in [0.717, 1.165) is 36.5 Å². The molecule has 0 bridgehead atoms. The lowest BCUT2D eigenvalue weighted by Crippen LogP contribution is -2.56. The Morgan fingerprint density at radius 3 is 2.79 bits per heavy atom. The molecule has 110 valence electrons. The molecule has 0 radical (unpaired) electrons. The van der Waals surface area contributed by atoms with E-state index >= 15 is 0 Å². The van der Waals surface area contributed by atoms with Crippen molar-refractivity contribution in [1.29, 1.82) is 0 Å². The van der Waals surface area contributed by atoms with Crippen molar-refractivity contribution in [2.75, 3.05) is 6.54 Å². The summed E-state index contributed by atoms with van der Waals surface area (Å²) in [6, 6.07) is 0. The molecule has 1 atom stereocenters. The molecule has 2 N–H and O–H groups in total. The molecule has 0 aliphatic carbocycles. The number of rotatable bonds is 3. The molecule has 1 fully saturated rings. The van der Waals surface area contributed by atoms with Crippen LogP contribution in [0.5, 0.6) is 0 Å². The van der Waals surface area contributed by atoms with Gasteiger partial charge in [0.1, 0.15) is 5.01 Å². The van der Waals surface area contributed by atoms with Gasteiger partial charge in [-0.3, -0.25) is 4.79 Å². The molecule has 2 rings (SSSR count). The molecule has 1 aliphatic heterocycles. The Labute approximate surface area is 130 Å². The minimum absolute atomic E-state index is 0. The molecule has 0 spiro atoms. The van der Waals surface area contributed by atoms with Gasteiger partial charge in [0.15, 0.2) is 0 Å². The van der Waals surface area contributed by atoms with Gasteiger partial charge in [0.2, 0.25) is 5.91 Å². The van der Waals surface area contributed by atoms with Gasteiger partial charge in [0.05, 0.1) is 12.1 Å². The fourth-order valence-electron chi connectivity index (χ4n) is 2.08. The fraction of sp³-hybridized carbons (Fsp3) is 0.667. The number of aromatic nitrogens is 1. The molecule has 1 aromatic rings. The molecule has 0 saturated carbocycles. The summed E-state index contributed by atoms with van der Waals surface area (Å²) in [7, 11) is 0. The first kappa shape index (κ1) is 18.6. The first-order chi connectivity index (χ1) is 8.10. The zero-order valence-corrected chi connectivity index (χ0v) is 13.6. The molecular formula is C12H21Cl2N3OS. The van der Waals surface area contributed by atoms with Crippen LogP contribution in [0.1, 0.15) is 36.9 Å². The van der Waals surface area contributed by atoms with Crippen molar-refractivity contribution in [3.05, 3.63) is 16.1 Å². The highest BCUT2D eigenvalue weighted by Gasteiger charge is 2.33. The number of aryl methyl sites for hydroxylation is 1. The monoisotopic (exact) mass is 325 g/mol. The molecule has 7 heteroatoms. The average molecular weight is 326 g/mol. The molecule has 1 saturated heterocycles. The van der Waals surface area contributed by atoms with E-state index in [0.29, 0.717) is 6.54 Å². The minimum atomic E-state index is -0.398. The molecule has 2 heterocycles. The summed E-state index contributed by atoms with van der Waals surface area (Å²) in [5.74, 6) is 0.0880. The highest BCUT2D eigenvalue weighted by Crippen LogP contribution is 2.19. The van der Waals surface area contributed by atoms with Crippen LogP contribution in [0.25, 0.3) is 0 Å². The van der Waals surface area contributed by atoms with Crippen LogP contribution in [0.4, 0.5) is 0 Å². The lowest BCUT2D eigenvalue weighted by Gasteiger charge is -2.33. The van der Waals surface area contributed by atoms with E-state index in [2.05, 4.69) is 15.6 Å². The summed E-state index contributed by atoms with van der Waals surface area (Å²) in [5, 5.41) is 9.25. The van der Waals surface area contributed by atoms with Crippen LogP contribution in [0, 0.1) is 6.92 Å². The molecule has 1 unspecified atom stereocenters. The highest BCUT2D eigenvalue weighted by atomic mass is 35.5. The van der Waals surface area contributed by atoms with Crippen molar-refractivity contribution in [1.82, 2.24) is 15.6 Å². The SMILES string of the molecule is Cc1csc(CNC(=O)C2(C)CCCCN2)n1.Cl.Cl. The lowest BCUT2D eigenvalue weighted by molar-refractivity contribution is -0.128. The number of hydrogen-bond acceptors (Lipinski definition) is 4. The molecule has 1 aromatic heterocycles. The van der Waals surface area contributed by atoms with Crippen LogP contribution in [0.2, 0.25) is 0 Å². The summed E-state index contributed by atoms with van der Waals surface area (Å²) in [6.07, 6.45) is 3.19. The van der Waals surface area contributed by atoms with E-state index < -0.39 is 5.54 Å². The van der Waals surface area contributed by atoms with Gasteiger partial charge in [-0.2, -0.15) is 0 Å². The number of halogens is 2. The number of amides is 1. The molecule has 4 nitrogen and oxygen atoms in total. The van der Waals surface area contributed by atoms with Crippen molar-refractivity contribution in [2.45, 2.75) is 45.2 Å². The highest BCUT2D eigenvalue weighted by molar-refractivity contribution is 7.09. The number of hydrogen-bond donors (Lipinski definition) is 2. The Kier molecular flexibility index (Phi) is 7.89. The van der Waals surface area contributed by atoms with Gasteiger partial charge in [-0.1, -0.05) is 0 Å². The smallest absolute Gasteiger partial charge is 0.240 e. The van der Waals surface area contributed by atoms with Gasteiger partial charge in [0.25, 0.3) is 0 Å². The van der Waals surface area contributed by atoms with Crippen molar-refractivity contribution in [3.63, 3.8) is 0 Å². The number of thiazole rings is 1. The molecule has 0 aromatic carbocycles. The van der Waals surface area contributed by atoms with Crippen LogP contribution in [-0.2, 0) is 11.3 Å². The number of carbonyl (C=O) groups excluding carboxylic acids is 1. The normalized spacial score (nSPS) is 22.0. The van der Waals surface area contributed by atoms with E-state index in [1.54, 1.807) is 11.3 Å². The Morgan fingerprint density at radius 1 is 1.53 bits per heavy atom. The van der Waals surface area contributed by atoms with E-state index in [1.807, 2.05) is 19.2 Å². The number of piperidine rings is 1. The third-order valence-electron chi connectivity index (χ3n) is 3.19. The van der Waals surface area contributed by atoms with Gasteiger partial charge in [-0.15, -0.1) is 36.2 Å². The second kappa shape index (κ2) is 8.04. The van der Waals surface area contributed by atoms with Gasteiger partial charge in [-0.05, 0) is 39.7 Å². The molecule has 1 aliphatic rings. The maximum Gasteiger partial charge on any atom is 0.240 e. The number of carbonyl (C=O) groups is 1. The van der Waals surface area contributed by atoms with E-state index in [4.69, 9.17) is 0 Å². The number of nitrogens with zero attached hydrogens (tertiary/aromatic N) is 1. The van der Waals surface area contributed by atoms with Crippen molar-refractivity contribution in [2.24, 2.45) is 0 Å². The Bertz CT molecular complexity index is 405. The molecule has 1 amide bonds. The Morgan fingerprint density at radius 2 is 2.26 bits per heavy atom. The summed E-state index contributed by atoms with van der Waals surface area (Å²) < 4.78 is 0. The predicted molar refractivity (Wildman–Crippen MR) is 83.5 cm³/mol. The summed E-state index contributed by atoms with van der Waals surface area (Å²) >= 11 is 1.59. The summed E-state index contributed by atoms with van der Waals surface area (Å²) in [4.78, 5) is 16.4. The fourth-order valence-corrected chi connectivity index (χ4v) is 2.80. The first-order valence-electron chi connectivity index (χ1n) is 6.04. The minimum Gasteiger partial charge on any atom is -0.348 e. The van der Waals surface area contributed by atoms with Crippen molar-refractivity contribution < 1.29 is 4.79 Å².